The Hall–Kier alpha value is -1.65. The molecule has 1 aromatic rings. The number of Topliss-reactive ketones (excluding diaryl/α,β-unsaturated/α-hetero) is 1. The van der Waals surface area contributed by atoms with Crippen molar-refractivity contribution in [2.24, 2.45) is 10.9 Å². The number of carbonyl (C=O) groups excluding carboxylic acids is 1. The van der Waals surface area contributed by atoms with E-state index >= 15 is 0 Å². The molecule has 0 radical (unpaired) electrons. The summed E-state index contributed by atoms with van der Waals surface area (Å²) in [6, 6.07) is 6.01. The summed E-state index contributed by atoms with van der Waals surface area (Å²) in [5.74, 6) is -3.04. The summed E-state index contributed by atoms with van der Waals surface area (Å²) in [6.07, 6.45) is -3.90. The lowest BCUT2D eigenvalue weighted by Crippen LogP contribution is -2.33. The molecule has 0 bridgehead atoms. The molecular weight excluding hydrogens is 207 g/mol. The van der Waals surface area contributed by atoms with Crippen LogP contribution in [0.25, 0.3) is 0 Å². The Balaban J connectivity index is 2.46. The first-order chi connectivity index (χ1) is 7.00. The van der Waals surface area contributed by atoms with E-state index in [1.165, 1.54) is 18.2 Å². The van der Waals surface area contributed by atoms with Gasteiger partial charge in [0.05, 0.1) is 5.69 Å². The van der Waals surface area contributed by atoms with Crippen molar-refractivity contribution in [3.8, 4) is 0 Å². The maximum absolute atomic E-state index is 12.4. The van der Waals surface area contributed by atoms with Gasteiger partial charge in [0.1, 0.15) is 0 Å². The third kappa shape index (κ3) is 1.65. The van der Waals surface area contributed by atoms with Crippen molar-refractivity contribution in [2.45, 2.75) is 6.18 Å². The lowest BCUT2D eigenvalue weighted by atomic mass is 9.94. The summed E-state index contributed by atoms with van der Waals surface area (Å²) in [4.78, 5) is 15.1. The number of nitrogens with zero attached hydrogens (tertiary/aromatic N) is 1. The quantitative estimate of drug-likeness (QED) is 0.651. The van der Waals surface area contributed by atoms with E-state index in [1.807, 2.05) is 0 Å². The van der Waals surface area contributed by atoms with Gasteiger partial charge >= 0.3 is 6.18 Å². The molecule has 15 heavy (non-hydrogen) atoms. The second kappa shape index (κ2) is 3.18. The fourth-order valence-electron chi connectivity index (χ4n) is 1.42. The molecule has 1 aliphatic heterocycles. The SMILES string of the molecule is O=C1c2ccccc2N=CC1C(F)(F)F. The van der Waals surface area contributed by atoms with Gasteiger partial charge < -0.3 is 0 Å². The van der Waals surface area contributed by atoms with Crippen molar-refractivity contribution in [1.29, 1.82) is 0 Å². The Labute approximate surface area is 83.4 Å². The Bertz CT molecular complexity index is 437. The number of para-hydroxylation sites is 1. The van der Waals surface area contributed by atoms with Crippen molar-refractivity contribution in [3.05, 3.63) is 29.8 Å². The number of aliphatic imine (C=N–C) groups is 1. The molecule has 1 atom stereocenters. The molecule has 2 rings (SSSR count). The molecule has 0 amide bonds. The van der Waals surface area contributed by atoms with Crippen LogP contribution in [0.4, 0.5) is 18.9 Å². The summed E-state index contributed by atoms with van der Waals surface area (Å²) in [5.41, 5.74) is 0.324. The summed E-state index contributed by atoms with van der Waals surface area (Å²) >= 11 is 0. The maximum Gasteiger partial charge on any atom is 0.403 e. The third-order valence-electron chi connectivity index (χ3n) is 2.17. The van der Waals surface area contributed by atoms with Crippen molar-refractivity contribution < 1.29 is 18.0 Å². The largest absolute Gasteiger partial charge is 0.403 e. The first kappa shape index (κ1) is 9.89. The Morgan fingerprint density at radius 1 is 1.20 bits per heavy atom. The molecule has 1 heterocycles. The minimum absolute atomic E-state index is 0.0299. The van der Waals surface area contributed by atoms with E-state index in [0.29, 0.717) is 11.9 Å². The van der Waals surface area contributed by atoms with E-state index in [9.17, 15) is 18.0 Å². The monoisotopic (exact) mass is 213 g/mol. The third-order valence-corrected chi connectivity index (χ3v) is 2.17. The van der Waals surface area contributed by atoms with E-state index in [0.717, 1.165) is 0 Å². The molecule has 2 nitrogen and oxygen atoms in total. The zero-order chi connectivity index (χ0) is 11.1. The summed E-state index contributed by atoms with van der Waals surface area (Å²) < 4.78 is 37.1. The van der Waals surface area contributed by atoms with Gasteiger partial charge in [0.2, 0.25) is 0 Å². The first-order valence-electron chi connectivity index (χ1n) is 4.24. The molecule has 0 aliphatic carbocycles. The van der Waals surface area contributed by atoms with Gasteiger partial charge in [0.25, 0.3) is 0 Å². The molecule has 0 saturated heterocycles. The number of fused-ring (bicyclic) bond motifs is 1. The van der Waals surface area contributed by atoms with Gasteiger partial charge in [-0.3, -0.25) is 9.79 Å². The van der Waals surface area contributed by atoms with Crippen LogP contribution in [0.2, 0.25) is 0 Å². The average molecular weight is 213 g/mol. The number of halogens is 3. The van der Waals surface area contributed by atoms with Gasteiger partial charge in [0.15, 0.2) is 11.7 Å². The summed E-state index contributed by atoms with van der Waals surface area (Å²) in [7, 11) is 0. The van der Waals surface area contributed by atoms with Gasteiger partial charge in [-0.05, 0) is 12.1 Å². The van der Waals surface area contributed by atoms with Crippen LogP contribution < -0.4 is 0 Å². The van der Waals surface area contributed by atoms with Crippen LogP contribution in [0.15, 0.2) is 29.3 Å². The standard InChI is InChI=1S/C10H6F3NO/c11-10(12,13)7-5-14-8-4-2-1-3-6(8)9(7)15/h1-5,7H. The van der Waals surface area contributed by atoms with Crippen LogP contribution in [0, 0.1) is 5.92 Å². The number of alkyl halides is 3. The number of benzene rings is 1. The number of hydrogen-bond acceptors (Lipinski definition) is 2. The summed E-state index contributed by atoms with van der Waals surface area (Å²) in [6.45, 7) is 0. The summed E-state index contributed by atoms with van der Waals surface area (Å²) in [5, 5.41) is 0. The van der Waals surface area contributed by atoms with E-state index in [1.54, 1.807) is 6.07 Å². The normalized spacial score (nSPS) is 20.2. The van der Waals surface area contributed by atoms with Crippen molar-refractivity contribution in [3.63, 3.8) is 0 Å². The second-order valence-electron chi connectivity index (χ2n) is 3.18. The molecule has 1 aromatic carbocycles. The van der Waals surface area contributed by atoms with E-state index in [4.69, 9.17) is 0 Å². The van der Waals surface area contributed by atoms with E-state index < -0.39 is 17.9 Å². The highest BCUT2D eigenvalue weighted by Crippen LogP contribution is 2.34. The Kier molecular flexibility index (Phi) is 2.10. The van der Waals surface area contributed by atoms with Crippen LogP contribution >= 0.6 is 0 Å². The number of carbonyl (C=O) groups is 1. The van der Waals surface area contributed by atoms with Gasteiger partial charge in [-0.1, -0.05) is 12.1 Å². The predicted molar refractivity (Wildman–Crippen MR) is 48.5 cm³/mol. The van der Waals surface area contributed by atoms with E-state index in [-0.39, 0.29) is 5.56 Å². The van der Waals surface area contributed by atoms with Crippen molar-refractivity contribution in [2.75, 3.05) is 0 Å². The number of rotatable bonds is 0. The predicted octanol–water partition coefficient (Wildman–Crippen LogP) is 2.76. The van der Waals surface area contributed by atoms with Crippen LogP contribution in [0.1, 0.15) is 10.4 Å². The van der Waals surface area contributed by atoms with Crippen molar-refractivity contribution >= 4 is 17.7 Å². The molecule has 1 unspecified atom stereocenters. The molecule has 78 valence electrons. The molecule has 0 aromatic heterocycles. The fraction of sp³-hybridized carbons (Fsp3) is 0.200. The van der Waals surface area contributed by atoms with Gasteiger partial charge in [-0.15, -0.1) is 0 Å². The Morgan fingerprint density at radius 2 is 1.87 bits per heavy atom. The van der Waals surface area contributed by atoms with Crippen molar-refractivity contribution in [1.82, 2.24) is 0 Å². The van der Waals surface area contributed by atoms with E-state index in [2.05, 4.69) is 4.99 Å². The highest BCUT2D eigenvalue weighted by Gasteiger charge is 2.45. The van der Waals surface area contributed by atoms with Gasteiger partial charge in [0, 0.05) is 11.8 Å². The lowest BCUT2D eigenvalue weighted by molar-refractivity contribution is -0.142. The number of hydrogen-bond donors (Lipinski definition) is 0. The molecule has 1 aliphatic rings. The van der Waals surface area contributed by atoms with Crippen LogP contribution in [-0.2, 0) is 0 Å². The molecule has 0 saturated carbocycles. The second-order valence-corrected chi connectivity index (χ2v) is 3.18. The molecule has 0 spiro atoms. The van der Waals surface area contributed by atoms with Gasteiger partial charge in [-0.25, -0.2) is 0 Å². The highest BCUT2D eigenvalue weighted by atomic mass is 19.4. The van der Waals surface area contributed by atoms with Crippen LogP contribution in [-0.4, -0.2) is 18.2 Å². The zero-order valence-corrected chi connectivity index (χ0v) is 7.45. The average Bonchev–Trinajstić information content (AvgIpc) is 2.16. The minimum atomic E-state index is -4.56. The molecular formula is C10H6F3NO. The highest BCUT2D eigenvalue weighted by molar-refractivity contribution is 6.12. The molecule has 5 heteroatoms. The fourth-order valence-corrected chi connectivity index (χ4v) is 1.42. The topological polar surface area (TPSA) is 29.4 Å². The molecule has 0 N–H and O–H groups in total. The van der Waals surface area contributed by atoms with Crippen LogP contribution in [0.5, 0.6) is 0 Å². The van der Waals surface area contributed by atoms with Gasteiger partial charge in [-0.2, -0.15) is 13.2 Å². The molecule has 0 fully saturated rings. The van der Waals surface area contributed by atoms with Crippen LogP contribution in [0.3, 0.4) is 0 Å². The lowest BCUT2D eigenvalue weighted by Gasteiger charge is -2.19. The smallest absolute Gasteiger partial charge is 0.293 e. The Morgan fingerprint density at radius 3 is 2.53 bits per heavy atom. The number of ketones is 1. The zero-order valence-electron chi connectivity index (χ0n) is 7.45. The first-order valence-corrected chi connectivity index (χ1v) is 4.24. The maximum atomic E-state index is 12.4. The minimum Gasteiger partial charge on any atom is -0.293 e.